The van der Waals surface area contributed by atoms with Gasteiger partial charge in [0.1, 0.15) is 0 Å². The van der Waals surface area contributed by atoms with Gasteiger partial charge in [-0.2, -0.15) is 0 Å². The Morgan fingerprint density at radius 2 is 1.76 bits per heavy atom. The van der Waals surface area contributed by atoms with Crippen molar-refractivity contribution in [3.05, 3.63) is 0 Å². The van der Waals surface area contributed by atoms with Crippen molar-refractivity contribution in [3.63, 3.8) is 0 Å². The Morgan fingerprint density at radius 1 is 1.18 bits per heavy atom. The molecule has 1 unspecified atom stereocenters. The van der Waals surface area contributed by atoms with Gasteiger partial charge in [-0.3, -0.25) is 9.59 Å². The topological polar surface area (TPSA) is 98.2 Å². The van der Waals surface area contributed by atoms with Crippen LogP contribution < -0.4 is 16.8 Å². The minimum atomic E-state index is -0.407. The number of primary amides is 1. The van der Waals surface area contributed by atoms with Crippen LogP contribution in [0.3, 0.4) is 0 Å². The Balaban J connectivity index is 4.01. The van der Waals surface area contributed by atoms with E-state index < -0.39 is 5.91 Å². The van der Waals surface area contributed by atoms with Crippen molar-refractivity contribution in [1.29, 1.82) is 0 Å². The van der Waals surface area contributed by atoms with E-state index in [-0.39, 0.29) is 24.3 Å². The molecule has 5 N–H and O–H groups in total. The zero-order valence-corrected chi connectivity index (χ0v) is 11.0. The third-order valence-electron chi connectivity index (χ3n) is 2.53. The molecular formula is C12H25N3O2. The summed E-state index contributed by atoms with van der Waals surface area (Å²) in [5.74, 6) is 0.264. The molecule has 0 aromatic carbocycles. The van der Waals surface area contributed by atoms with Crippen LogP contribution in [0.1, 0.15) is 40.0 Å². The zero-order chi connectivity index (χ0) is 13.4. The third kappa shape index (κ3) is 8.68. The van der Waals surface area contributed by atoms with Gasteiger partial charge < -0.3 is 16.8 Å². The Kier molecular flexibility index (Phi) is 7.54. The molecule has 0 heterocycles. The van der Waals surface area contributed by atoms with Crippen LogP contribution in [-0.2, 0) is 9.59 Å². The molecule has 0 radical (unpaired) electrons. The molecule has 17 heavy (non-hydrogen) atoms. The first-order chi connectivity index (χ1) is 7.85. The SMILES string of the molecule is CC(C)C[C@H](CN)CC(=O)NC(C)CC(N)=O. The molecule has 0 aliphatic heterocycles. The minimum absolute atomic E-state index is 0.0603. The fourth-order valence-corrected chi connectivity index (χ4v) is 1.88. The first-order valence-corrected chi connectivity index (χ1v) is 6.12. The van der Waals surface area contributed by atoms with E-state index in [2.05, 4.69) is 19.2 Å². The smallest absolute Gasteiger partial charge is 0.220 e. The highest BCUT2D eigenvalue weighted by Crippen LogP contribution is 2.14. The summed E-state index contributed by atoms with van der Waals surface area (Å²) in [6.45, 7) is 6.49. The second kappa shape index (κ2) is 8.06. The van der Waals surface area contributed by atoms with Crippen molar-refractivity contribution in [2.45, 2.75) is 46.1 Å². The normalized spacial score (nSPS) is 14.4. The highest BCUT2D eigenvalue weighted by Gasteiger charge is 2.16. The van der Waals surface area contributed by atoms with Gasteiger partial charge in [0.15, 0.2) is 0 Å². The maximum Gasteiger partial charge on any atom is 0.220 e. The number of carbonyl (C=O) groups excluding carboxylic acids is 2. The average Bonchev–Trinajstić information content (AvgIpc) is 2.13. The van der Waals surface area contributed by atoms with Crippen molar-refractivity contribution in [2.24, 2.45) is 23.3 Å². The van der Waals surface area contributed by atoms with Gasteiger partial charge in [0.05, 0.1) is 0 Å². The largest absolute Gasteiger partial charge is 0.370 e. The van der Waals surface area contributed by atoms with E-state index >= 15 is 0 Å². The Bertz CT molecular complexity index is 254. The summed E-state index contributed by atoms with van der Waals surface area (Å²) in [5.41, 5.74) is 10.7. The first-order valence-electron chi connectivity index (χ1n) is 6.12. The summed E-state index contributed by atoms with van der Waals surface area (Å²) in [4.78, 5) is 22.3. The fraction of sp³-hybridized carbons (Fsp3) is 0.833. The van der Waals surface area contributed by atoms with E-state index in [1.807, 2.05) is 0 Å². The predicted octanol–water partition coefficient (Wildman–Crippen LogP) is 0.378. The van der Waals surface area contributed by atoms with Gasteiger partial charge in [-0.25, -0.2) is 0 Å². The fourth-order valence-electron chi connectivity index (χ4n) is 1.88. The number of hydrogen-bond acceptors (Lipinski definition) is 3. The number of hydrogen-bond donors (Lipinski definition) is 3. The van der Waals surface area contributed by atoms with Crippen molar-refractivity contribution >= 4 is 11.8 Å². The van der Waals surface area contributed by atoms with E-state index in [1.54, 1.807) is 6.92 Å². The van der Waals surface area contributed by atoms with E-state index in [0.717, 1.165) is 6.42 Å². The van der Waals surface area contributed by atoms with E-state index in [0.29, 0.717) is 18.9 Å². The van der Waals surface area contributed by atoms with Gasteiger partial charge in [-0.1, -0.05) is 13.8 Å². The van der Waals surface area contributed by atoms with Crippen LogP contribution in [0.5, 0.6) is 0 Å². The Hall–Kier alpha value is -1.10. The van der Waals surface area contributed by atoms with Crippen molar-refractivity contribution in [2.75, 3.05) is 6.54 Å². The van der Waals surface area contributed by atoms with Gasteiger partial charge in [0.25, 0.3) is 0 Å². The van der Waals surface area contributed by atoms with Gasteiger partial charge in [0.2, 0.25) is 11.8 Å². The molecule has 0 aliphatic carbocycles. The van der Waals surface area contributed by atoms with E-state index in [1.165, 1.54) is 0 Å². The third-order valence-corrected chi connectivity index (χ3v) is 2.53. The molecule has 0 saturated carbocycles. The maximum absolute atomic E-state index is 11.7. The second-order valence-electron chi connectivity index (χ2n) is 5.07. The van der Waals surface area contributed by atoms with Crippen LogP contribution >= 0.6 is 0 Å². The van der Waals surface area contributed by atoms with Gasteiger partial charge in [0, 0.05) is 18.9 Å². The minimum Gasteiger partial charge on any atom is -0.370 e. The number of nitrogens with two attached hydrogens (primary N) is 2. The summed E-state index contributed by atoms with van der Waals surface area (Å²) in [7, 11) is 0. The molecule has 0 aromatic rings. The molecule has 0 bridgehead atoms. The number of amides is 2. The zero-order valence-electron chi connectivity index (χ0n) is 11.0. The van der Waals surface area contributed by atoms with Crippen LogP contribution in [0.15, 0.2) is 0 Å². The molecule has 0 fully saturated rings. The first kappa shape index (κ1) is 15.9. The molecule has 0 saturated heterocycles. The van der Waals surface area contributed by atoms with Crippen molar-refractivity contribution < 1.29 is 9.59 Å². The van der Waals surface area contributed by atoms with Gasteiger partial charge in [-0.15, -0.1) is 0 Å². The average molecular weight is 243 g/mol. The molecule has 0 aliphatic rings. The lowest BCUT2D eigenvalue weighted by Gasteiger charge is -2.18. The summed E-state index contributed by atoms with van der Waals surface area (Å²) < 4.78 is 0. The summed E-state index contributed by atoms with van der Waals surface area (Å²) in [6, 6.07) is -0.211. The van der Waals surface area contributed by atoms with E-state index in [9.17, 15) is 9.59 Å². The predicted molar refractivity (Wildman–Crippen MR) is 68.0 cm³/mol. The van der Waals surface area contributed by atoms with Crippen molar-refractivity contribution in [1.82, 2.24) is 5.32 Å². The van der Waals surface area contributed by atoms with Crippen LogP contribution in [0.2, 0.25) is 0 Å². The highest BCUT2D eigenvalue weighted by atomic mass is 16.2. The maximum atomic E-state index is 11.7. The van der Waals surface area contributed by atoms with Crippen LogP contribution in [0.25, 0.3) is 0 Å². The molecule has 2 atom stereocenters. The Morgan fingerprint density at radius 3 is 2.18 bits per heavy atom. The molecular weight excluding hydrogens is 218 g/mol. The molecule has 5 heteroatoms. The van der Waals surface area contributed by atoms with Gasteiger partial charge >= 0.3 is 0 Å². The molecule has 5 nitrogen and oxygen atoms in total. The van der Waals surface area contributed by atoms with Crippen LogP contribution in [0.4, 0.5) is 0 Å². The van der Waals surface area contributed by atoms with E-state index in [4.69, 9.17) is 11.5 Å². The number of rotatable bonds is 8. The lowest BCUT2D eigenvalue weighted by atomic mass is 9.94. The second-order valence-corrected chi connectivity index (χ2v) is 5.07. The molecule has 0 spiro atoms. The van der Waals surface area contributed by atoms with Crippen LogP contribution in [-0.4, -0.2) is 24.4 Å². The Labute approximate surface area is 103 Å². The number of carbonyl (C=O) groups is 2. The summed E-state index contributed by atoms with van der Waals surface area (Å²) >= 11 is 0. The quantitative estimate of drug-likeness (QED) is 0.574. The molecule has 0 aromatic heterocycles. The lowest BCUT2D eigenvalue weighted by molar-refractivity contribution is -0.123. The van der Waals surface area contributed by atoms with Crippen LogP contribution in [0, 0.1) is 11.8 Å². The standard InChI is InChI=1S/C12H25N3O2/c1-8(2)4-10(7-13)6-12(17)15-9(3)5-11(14)16/h8-10H,4-7,13H2,1-3H3,(H2,14,16)(H,15,17)/t9?,10-/m0/s1. The highest BCUT2D eigenvalue weighted by molar-refractivity contribution is 5.78. The molecule has 100 valence electrons. The monoisotopic (exact) mass is 243 g/mol. The number of nitrogens with one attached hydrogen (secondary N) is 1. The summed E-state index contributed by atoms with van der Waals surface area (Å²) in [5, 5.41) is 2.75. The summed E-state index contributed by atoms with van der Waals surface area (Å²) in [6.07, 6.45) is 1.52. The molecule has 2 amide bonds. The van der Waals surface area contributed by atoms with Crippen molar-refractivity contribution in [3.8, 4) is 0 Å². The van der Waals surface area contributed by atoms with Gasteiger partial charge in [-0.05, 0) is 31.7 Å². The molecule has 0 rings (SSSR count). The lowest BCUT2D eigenvalue weighted by Crippen LogP contribution is -2.37.